The third-order valence-corrected chi connectivity index (χ3v) is 6.95. The zero-order valence-electron chi connectivity index (χ0n) is 21.4. The van der Waals surface area contributed by atoms with Gasteiger partial charge in [-0.3, -0.25) is 4.79 Å². The van der Waals surface area contributed by atoms with E-state index < -0.39 is 5.82 Å². The largest absolute Gasteiger partial charge is 0.457 e. The van der Waals surface area contributed by atoms with Gasteiger partial charge in [-0.1, -0.05) is 6.58 Å². The van der Waals surface area contributed by atoms with Crippen molar-refractivity contribution in [3.63, 3.8) is 0 Å². The minimum absolute atomic E-state index is 0.0637. The van der Waals surface area contributed by atoms with Crippen molar-refractivity contribution in [1.29, 1.82) is 0 Å². The van der Waals surface area contributed by atoms with Gasteiger partial charge in [-0.15, -0.1) is 0 Å². The van der Waals surface area contributed by atoms with Crippen molar-refractivity contribution in [3.8, 4) is 11.5 Å². The molecule has 10 nitrogen and oxygen atoms in total. The van der Waals surface area contributed by atoms with Crippen molar-refractivity contribution in [2.75, 3.05) is 11.9 Å². The van der Waals surface area contributed by atoms with Crippen molar-refractivity contribution < 1.29 is 13.9 Å². The van der Waals surface area contributed by atoms with Crippen molar-refractivity contribution in [3.05, 3.63) is 85.0 Å². The predicted molar refractivity (Wildman–Crippen MR) is 144 cm³/mol. The summed E-state index contributed by atoms with van der Waals surface area (Å²) < 4.78 is 22.8. The molecule has 1 aliphatic rings. The minimum Gasteiger partial charge on any atom is -0.457 e. The number of halogens is 1. The van der Waals surface area contributed by atoms with Crippen LogP contribution in [0.2, 0.25) is 0 Å². The number of aryl methyl sites for hydroxylation is 1. The number of nitrogens with one attached hydrogen (secondary N) is 1. The quantitative estimate of drug-likeness (QED) is 0.311. The van der Waals surface area contributed by atoms with E-state index in [0.717, 1.165) is 17.7 Å². The number of benzene rings is 1. The molecular weight excluding hydrogens is 499 g/mol. The van der Waals surface area contributed by atoms with E-state index in [9.17, 15) is 4.79 Å². The maximum absolute atomic E-state index is 15.3. The Balaban J connectivity index is 1.27. The molecule has 1 aliphatic heterocycles. The lowest BCUT2D eigenvalue weighted by atomic mass is 10.0. The smallest absolute Gasteiger partial charge is 0.246 e. The standard InChI is InChI=1S/C28H25FN8O2/c1-4-26(38)36-13-18(10-17(36)3)21-5-6-22-27(34-21)28(32-14-30-22)35-23-9-16(2)24(12-20(23)29)39-19-7-8-37-25(11-19)31-15-33-37/h4-9,11-12,14-15,17-18H,1,10,13H2,2-3H3,(H,30,32,35)/t17-,18?/m0/s1. The summed E-state index contributed by atoms with van der Waals surface area (Å²) >= 11 is 0. The third kappa shape index (κ3) is 4.63. The number of carbonyl (C=O) groups is 1. The predicted octanol–water partition coefficient (Wildman–Crippen LogP) is 4.94. The molecule has 0 saturated carbocycles. The molecule has 0 bridgehead atoms. The first-order chi connectivity index (χ1) is 18.9. The molecule has 39 heavy (non-hydrogen) atoms. The number of likely N-dealkylation sites (tertiary alicyclic amines) is 1. The highest BCUT2D eigenvalue weighted by molar-refractivity contribution is 5.88. The molecule has 0 radical (unpaired) electrons. The van der Waals surface area contributed by atoms with Crippen LogP contribution in [0, 0.1) is 12.7 Å². The minimum atomic E-state index is -0.509. The Kier molecular flexibility index (Phi) is 6.10. The van der Waals surface area contributed by atoms with Crippen LogP contribution in [-0.2, 0) is 4.79 Å². The number of fused-ring (bicyclic) bond motifs is 2. The molecule has 1 aromatic carbocycles. The van der Waals surface area contributed by atoms with Gasteiger partial charge in [-0.05, 0) is 56.2 Å². The summed E-state index contributed by atoms with van der Waals surface area (Å²) in [6.07, 6.45) is 6.71. The van der Waals surface area contributed by atoms with Crippen LogP contribution < -0.4 is 10.1 Å². The lowest BCUT2D eigenvalue weighted by molar-refractivity contribution is -0.126. The Bertz CT molecular complexity index is 1740. The van der Waals surface area contributed by atoms with E-state index in [-0.39, 0.29) is 23.6 Å². The molecule has 11 heteroatoms. The van der Waals surface area contributed by atoms with Crippen molar-refractivity contribution >= 4 is 34.1 Å². The van der Waals surface area contributed by atoms with Gasteiger partial charge >= 0.3 is 0 Å². The molecule has 1 unspecified atom stereocenters. The van der Waals surface area contributed by atoms with Crippen LogP contribution in [0.4, 0.5) is 15.9 Å². The first-order valence-corrected chi connectivity index (χ1v) is 12.5. The summed E-state index contributed by atoms with van der Waals surface area (Å²) in [5, 5.41) is 7.15. The number of hydrogen-bond acceptors (Lipinski definition) is 8. The van der Waals surface area contributed by atoms with E-state index >= 15 is 4.39 Å². The Hall–Kier alpha value is -4.93. The highest BCUT2D eigenvalue weighted by Crippen LogP contribution is 2.34. The molecule has 5 heterocycles. The molecule has 0 spiro atoms. The van der Waals surface area contributed by atoms with E-state index in [2.05, 4.69) is 31.9 Å². The Morgan fingerprint density at radius 1 is 1.18 bits per heavy atom. The molecule has 1 fully saturated rings. The molecular formula is C28H25FN8O2. The molecule has 1 N–H and O–H groups in total. The van der Waals surface area contributed by atoms with Crippen molar-refractivity contribution in [2.24, 2.45) is 0 Å². The molecule has 1 saturated heterocycles. The molecule has 2 atom stereocenters. The zero-order chi connectivity index (χ0) is 27.1. The van der Waals surface area contributed by atoms with E-state index in [0.29, 0.717) is 40.5 Å². The normalized spacial score (nSPS) is 17.1. The summed E-state index contributed by atoms with van der Waals surface area (Å²) in [6, 6.07) is 10.3. The fourth-order valence-corrected chi connectivity index (χ4v) is 4.93. The van der Waals surface area contributed by atoms with Crippen LogP contribution in [0.15, 0.2) is 67.9 Å². The summed E-state index contributed by atoms with van der Waals surface area (Å²) in [4.78, 5) is 31.7. The molecule has 6 rings (SSSR count). The van der Waals surface area contributed by atoms with E-state index in [1.54, 1.807) is 33.8 Å². The van der Waals surface area contributed by atoms with Crippen LogP contribution in [0.1, 0.15) is 30.5 Å². The van der Waals surface area contributed by atoms with Gasteiger partial charge in [0, 0.05) is 42.5 Å². The molecule has 1 amide bonds. The average molecular weight is 525 g/mol. The fourth-order valence-electron chi connectivity index (χ4n) is 4.93. The number of carbonyl (C=O) groups excluding carboxylic acids is 1. The average Bonchev–Trinajstić information content (AvgIpc) is 3.57. The summed E-state index contributed by atoms with van der Waals surface area (Å²) in [5.74, 6) is 0.750. The summed E-state index contributed by atoms with van der Waals surface area (Å²) in [5.41, 5.74) is 3.56. The van der Waals surface area contributed by atoms with Crippen molar-refractivity contribution in [2.45, 2.75) is 32.2 Å². The number of aromatic nitrogens is 6. The summed E-state index contributed by atoms with van der Waals surface area (Å²) in [7, 11) is 0. The second kappa shape index (κ2) is 9.75. The Morgan fingerprint density at radius 3 is 2.90 bits per heavy atom. The maximum Gasteiger partial charge on any atom is 0.246 e. The molecule has 4 aromatic heterocycles. The Morgan fingerprint density at radius 2 is 2.05 bits per heavy atom. The second-order valence-electron chi connectivity index (χ2n) is 9.55. The first kappa shape index (κ1) is 24.4. The Labute approximate surface area is 223 Å². The molecule has 196 valence electrons. The van der Waals surface area contributed by atoms with Crippen LogP contribution in [0.3, 0.4) is 0 Å². The maximum atomic E-state index is 15.3. The van der Waals surface area contributed by atoms with Gasteiger partial charge in [0.05, 0.1) is 11.2 Å². The third-order valence-electron chi connectivity index (χ3n) is 6.95. The van der Waals surface area contributed by atoms with E-state index in [1.165, 1.54) is 24.8 Å². The number of ether oxygens (including phenoxy) is 1. The molecule has 0 aliphatic carbocycles. The first-order valence-electron chi connectivity index (χ1n) is 12.5. The van der Waals surface area contributed by atoms with Gasteiger partial charge in [-0.2, -0.15) is 5.10 Å². The van der Waals surface area contributed by atoms with E-state index in [4.69, 9.17) is 9.72 Å². The highest BCUT2D eigenvalue weighted by Gasteiger charge is 2.33. The van der Waals surface area contributed by atoms with Gasteiger partial charge < -0.3 is 15.0 Å². The van der Waals surface area contributed by atoms with Crippen LogP contribution >= 0.6 is 0 Å². The van der Waals surface area contributed by atoms with Gasteiger partial charge in [0.1, 0.15) is 35.5 Å². The van der Waals surface area contributed by atoms with Crippen LogP contribution in [0.25, 0.3) is 16.7 Å². The van der Waals surface area contributed by atoms with E-state index in [1.807, 2.05) is 26.0 Å². The number of rotatable bonds is 6. The monoisotopic (exact) mass is 524 g/mol. The zero-order valence-corrected chi connectivity index (χ0v) is 21.4. The summed E-state index contributed by atoms with van der Waals surface area (Å²) in [6.45, 7) is 8.01. The SMILES string of the molecule is C=CC(=O)N1CC(c2ccc3ncnc(Nc4cc(C)c(Oc5ccn6ncnc6c5)cc4F)c3n2)C[C@@H]1C. The fraction of sp³-hybridized carbons (Fsp3) is 0.214. The number of hydrogen-bond donors (Lipinski definition) is 1. The second-order valence-corrected chi connectivity index (χ2v) is 9.55. The van der Waals surface area contributed by atoms with Crippen molar-refractivity contribution in [1.82, 2.24) is 34.4 Å². The molecule has 5 aromatic rings. The van der Waals surface area contributed by atoms with Crippen LogP contribution in [0.5, 0.6) is 11.5 Å². The number of pyridine rings is 2. The topological polar surface area (TPSA) is 110 Å². The van der Waals surface area contributed by atoms with Gasteiger partial charge in [0.25, 0.3) is 0 Å². The van der Waals surface area contributed by atoms with Gasteiger partial charge in [0.15, 0.2) is 11.5 Å². The van der Waals surface area contributed by atoms with Gasteiger partial charge in [0.2, 0.25) is 5.91 Å². The van der Waals surface area contributed by atoms with Crippen LogP contribution in [-0.4, -0.2) is 52.9 Å². The lowest BCUT2D eigenvalue weighted by Gasteiger charge is -2.19. The number of anilines is 2. The lowest BCUT2D eigenvalue weighted by Crippen LogP contribution is -2.32. The number of nitrogens with zero attached hydrogens (tertiary/aromatic N) is 7. The number of amides is 1. The van der Waals surface area contributed by atoms with Gasteiger partial charge in [-0.25, -0.2) is 28.8 Å². The highest BCUT2D eigenvalue weighted by atomic mass is 19.1.